The minimum Gasteiger partial charge on any atom is -0.339 e. The second-order valence-electron chi connectivity index (χ2n) is 6.15. The van der Waals surface area contributed by atoms with Gasteiger partial charge in [-0.25, -0.2) is 0 Å². The fourth-order valence-electron chi connectivity index (χ4n) is 3.07. The Kier molecular flexibility index (Phi) is 5.77. The van der Waals surface area contributed by atoms with Gasteiger partial charge in [-0.1, -0.05) is 48.0 Å². The molecule has 3 aromatic carbocycles. The predicted molar refractivity (Wildman–Crippen MR) is 111 cm³/mol. The highest BCUT2D eigenvalue weighted by molar-refractivity contribution is 6.34. The molecule has 0 fully saturated rings. The number of carbonyl (C=O) groups is 2. The quantitative estimate of drug-likeness (QED) is 0.659. The molecule has 0 unspecified atom stereocenters. The van der Waals surface area contributed by atoms with E-state index in [1.54, 1.807) is 29.2 Å². The lowest BCUT2D eigenvalue weighted by molar-refractivity contribution is 0.0773. The Bertz CT molecular complexity index is 991. The lowest BCUT2D eigenvalue weighted by Gasteiger charge is -2.19. The van der Waals surface area contributed by atoms with Crippen molar-refractivity contribution in [1.82, 2.24) is 4.90 Å². The van der Waals surface area contributed by atoms with E-state index in [1.165, 1.54) is 0 Å². The molecule has 0 saturated carbocycles. The van der Waals surface area contributed by atoms with Gasteiger partial charge in [-0.2, -0.15) is 0 Å². The SMILES string of the molecule is CCN(CC)C(=O)c1ccc(NC(=O)c2cccc3ccccc23)cc1Cl. The zero-order valence-electron chi connectivity index (χ0n) is 15.3. The van der Waals surface area contributed by atoms with Crippen LogP contribution in [0.15, 0.2) is 60.7 Å². The van der Waals surface area contributed by atoms with Gasteiger partial charge in [-0.3, -0.25) is 9.59 Å². The molecule has 2 amide bonds. The first-order valence-corrected chi connectivity index (χ1v) is 9.30. The number of fused-ring (bicyclic) bond motifs is 1. The summed E-state index contributed by atoms with van der Waals surface area (Å²) < 4.78 is 0. The molecule has 4 nitrogen and oxygen atoms in total. The van der Waals surface area contributed by atoms with Crippen LogP contribution in [-0.4, -0.2) is 29.8 Å². The number of benzene rings is 3. The summed E-state index contributed by atoms with van der Waals surface area (Å²) in [5.41, 5.74) is 1.57. The predicted octanol–water partition coefficient (Wildman–Crippen LogP) is 5.23. The van der Waals surface area contributed by atoms with Crippen LogP contribution in [0.1, 0.15) is 34.6 Å². The second-order valence-corrected chi connectivity index (χ2v) is 6.56. The van der Waals surface area contributed by atoms with Crippen molar-refractivity contribution >= 4 is 39.9 Å². The van der Waals surface area contributed by atoms with Crippen LogP contribution in [0.4, 0.5) is 5.69 Å². The average Bonchev–Trinajstić information content (AvgIpc) is 2.68. The van der Waals surface area contributed by atoms with Crippen molar-refractivity contribution in [3.8, 4) is 0 Å². The number of halogens is 1. The molecule has 3 aromatic rings. The van der Waals surface area contributed by atoms with Gasteiger partial charge >= 0.3 is 0 Å². The third-order valence-corrected chi connectivity index (χ3v) is 4.85. The Morgan fingerprint density at radius 3 is 2.33 bits per heavy atom. The summed E-state index contributed by atoms with van der Waals surface area (Å²) in [4.78, 5) is 26.9. The molecule has 5 heteroatoms. The molecule has 138 valence electrons. The van der Waals surface area contributed by atoms with Crippen LogP contribution in [0.2, 0.25) is 5.02 Å². The summed E-state index contributed by atoms with van der Waals surface area (Å²) in [5.74, 6) is -0.331. The summed E-state index contributed by atoms with van der Waals surface area (Å²) in [6.07, 6.45) is 0. The highest BCUT2D eigenvalue weighted by Gasteiger charge is 2.17. The van der Waals surface area contributed by atoms with Gasteiger partial charge in [0, 0.05) is 24.3 Å². The molecular weight excluding hydrogens is 360 g/mol. The number of rotatable bonds is 5. The number of hydrogen-bond acceptors (Lipinski definition) is 2. The minimum atomic E-state index is -0.217. The van der Waals surface area contributed by atoms with E-state index in [2.05, 4.69) is 5.32 Å². The standard InChI is InChI=1S/C22H21ClN2O2/c1-3-25(4-2)22(27)19-13-12-16(14-20(19)23)24-21(26)18-11-7-9-15-8-5-6-10-17(15)18/h5-14H,3-4H2,1-2H3,(H,24,26). The fraction of sp³-hybridized carbons (Fsp3) is 0.182. The number of nitrogens with one attached hydrogen (secondary N) is 1. The van der Waals surface area contributed by atoms with Crippen molar-refractivity contribution in [1.29, 1.82) is 0 Å². The average molecular weight is 381 g/mol. The van der Waals surface area contributed by atoms with Crippen LogP contribution in [0.25, 0.3) is 10.8 Å². The molecule has 3 rings (SSSR count). The van der Waals surface area contributed by atoms with Crippen molar-refractivity contribution < 1.29 is 9.59 Å². The first kappa shape index (κ1) is 18.9. The first-order chi connectivity index (χ1) is 13.0. The van der Waals surface area contributed by atoms with Gasteiger partial charge in [0.05, 0.1) is 10.6 Å². The van der Waals surface area contributed by atoms with Crippen LogP contribution < -0.4 is 5.32 Å². The minimum absolute atomic E-state index is 0.114. The Balaban J connectivity index is 1.85. The topological polar surface area (TPSA) is 49.4 Å². The van der Waals surface area contributed by atoms with Crippen molar-refractivity contribution in [2.24, 2.45) is 0 Å². The van der Waals surface area contributed by atoms with Gasteiger partial charge in [-0.05, 0) is 48.9 Å². The van der Waals surface area contributed by atoms with E-state index in [0.717, 1.165) is 10.8 Å². The fourth-order valence-corrected chi connectivity index (χ4v) is 3.33. The molecule has 0 aliphatic rings. The highest BCUT2D eigenvalue weighted by atomic mass is 35.5. The molecule has 0 aliphatic heterocycles. The normalized spacial score (nSPS) is 10.6. The molecule has 0 bridgehead atoms. The van der Waals surface area contributed by atoms with Crippen molar-refractivity contribution in [2.45, 2.75) is 13.8 Å². The van der Waals surface area contributed by atoms with Gasteiger partial charge in [0.15, 0.2) is 0 Å². The molecular formula is C22H21ClN2O2. The van der Waals surface area contributed by atoms with E-state index in [1.807, 2.05) is 50.2 Å². The van der Waals surface area contributed by atoms with Crippen molar-refractivity contribution in [2.75, 3.05) is 18.4 Å². The van der Waals surface area contributed by atoms with Gasteiger partial charge in [-0.15, -0.1) is 0 Å². The van der Waals surface area contributed by atoms with Gasteiger partial charge in [0.1, 0.15) is 0 Å². The van der Waals surface area contributed by atoms with E-state index in [-0.39, 0.29) is 11.8 Å². The van der Waals surface area contributed by atoms with Crippen LogP contribution in [0.3, 0.4) is 0 Å². The van der Waals surface area contributed by atoms with Crippen LogP contribution in [-0.2, 0) is 0 Å². The third kappa shape index (κ3) is 3.96. The van der Waals surface area contributed by atoms with E-state index >= 15 is 0 Å². The molecule has 0 atom stereocenters. The molecule has 1 N–H and O–H groups in total. The van der Waals surface area contributed by atoms with E-state index in [0.29, 0.717) is 34.9 Å². The van der Waals surface area contributed by atoms with Crippen LogP contribution in [0.5, 0.6) is 0 Å². The van der Waals surface area contributed by atoms with Crippen LogP contribution >= 0.6 is 11.6 Å². The maximum absolute atomic E-state index is 12.7. The summed E-state index contributed by atoms with van der Waals surface area (Å²) in [7, 11) is 0. The van der Waals surface area contributed by atoms with Crippen LogP contribution in [0, 0.1) is 0 Å². The second kappa shape index (κ2) is 8.23. The van der Waals surface area contributed by atoms with Crippen molar-refractivity contribution in [3.05, 3.63) is 76.8 Å². The zero-order chi connectivity index (χ0) is 19.4. The molecule has 0 spiro atoms. The highest BCUT2D eigenvalue weighted by Crippen LogP contribution is 2.24. The first-order valence-electron chi connectivity index (χ1n) is 8.93. The summed E-state index contributed by atoms with van der Waals surface area (Å²) >= 11 is 6.31. The Hall–Kier alpha value is -2.85. The number of anilines is 1. The summed E-state index contributed by atoms with van der Waals surface area (Å²) in [5, 5.41) is 5.08. The molecule has 27 heavy (non-hydrogen) atoms. The zero-order valence-corrected chi connectivity index (χ0v) is 16.1. The Labute approximate surface area is 163 Å². The molecule has 0 heterocycles. The third-order valence-electron chi connectivity index (χ3n) is 4.54. The van der Waals surface area contributed by atoms with Gasteiger partial charge in [0.2, 0.25) is 0 Å². The summed E-state index contributed by atoms with van der Waals surface area (Å²) in [6.45, 7) is 5.08. The number of carbonyl (C=O) groups excluding carboxylic acids is 2. The maximum atomic E-state index is 12.7. The number of amides is 2. The number of hydrogen-bond donors (Lipinski definition) is 1. The van der Waals surface area contributed by atoms with Crippen molar-refractivity contribution in [3.63, 3.8) is 0 Å². The lowest BCUT2D eigenvalue weighted by atomic mass is 10.0. The van der Waals surface area contributed by atoms with E-state index < -0.39 is 0 Å². The molecule has 0 radical (unpaired) electrons. The Morgan fingerprint density at radius 1 is 0.926 bits per heavy atom. The van der Waals surface area contributed by atoms with Gasteiger partial charge < -0.3 is 10.2 Å². The number of nitrogens with zero attached hydrogens (tertiary/aromatic N) is 1. The molecule has 0 saturated heterocycles. The molecule has 0 aliphatic carbocycles. The van der Waals surface area contributed by atoms with E-state index in [4.69, 9.17) is 11.6 Å². The molecule has 0 aromatic heterocycles. The maximum Gasteiger partial charge on any atom is 0.256 e. The van der Waals surface area contributed by atoms with Gasteiger partial charge in [0.25, 0.3) is 11.8 Å². The van der Waals surface area contributed by atoms with E-state index in [9.17, 15) is 9.59 Å². The summed E-state index contributed by atoms with van der Waals surface area (Å²) in [6, 6.07) is 18.3. The smallest absolute Gasteiger partial charge is 0.256 e. The monoisotopic (exact) mass is 380 g/mol. The largest absolute Gasteiger partial charge is 0.339 e. The lowest BCUT2D eigenvalue weighted by Crippen LogP contribution is -2.30. The Morgan fingerprint density at radius 2 is 1.63 bits per heavy atom.